The Morgan fingerprint density at radius 1 is 0.562 bits per heavy atom. The molecule has 0 saturated heterocycles. The third kappa shape index (κ3) is 10.8. The molecule has 2 rings (SSSR count). The van der Waals surface area contributed by atoms with E-state index in [2.05, 4.69) is 31.2 Å². The minimum Gasteiger partial charge on any atom is -0.282 e. The quantitative estimate of drug-likeness (QED) is 0.191. The van der Waals surface area contributed by atoms with Crippen molar-refractivity contribution in [2.75, 3.05) is 0 Å². The molecule has 2 aromatic carbocycles. The molecule has 0 amide bonds. The second-order valence-corrected chi connectivity index (χ2v) is 10.5. The fourth-order valence-electron chi connectivity index (χ4n) is 4.21. The van der Waals surface area contributed by atoms with Gasteiger partial charge in [-0.25, -0.2) is 0 Å². The zero-order chi connectivity index (χ0) is 23.1. The van der Waals surface area contributed by atoms with E-state index in [-0.39, 0.29) is 4.90 Å². The Labute approximate surface area is 196 Å². The molecule has 0 aliphatic rings. The number of benzene rings is 2. The van der Waals surface area contributed by atoms with Crippen LogP contribution in [0.2, 0.25) is 0 Å². The third-order valence-electron chi connectivity index (χ3n) is 6.26. The molecule has 0 atom stereocenters. The van der Waals surface area contributed by atoms with Gasteiger partial charge in [-0.1, -0.05) is 127 Å². The van der Waals surface area contributed by atoms with Crippen LogP contribution < -0.4 is 0 Å². The van der Waals surface area contributed by atoms with Gasteiger partial charge in [0.15, 0.2) is 0 Å². The second-order valence-electron chi connectivity index (χ2n) is 9.04. The summed E-state index contributed by atoms with van der Waals surface area (Å²) in [5.41, 5.74) is 3.35. The summed E-state index contributed by atoms with van der Waals surface area (Å²) in [5, 5.41) is 0. The molecule has 0 heterocycles. The average molecular weight is 459 g/mol. The SMILES string of the molecule is CCCCCCCCCCCCCCCCc1ccc(-c2ccc(S(=O)(=O)O)cc2)cc1. The van der Waals surface area contributed by atoms with Gasteiger partial charge in [0.2, 0.25) is 0 Å². The van der Waals surface area contributed by atoms with E-state index in [1.54, 1.807) is 12.1 Å². The predicted octanol–water partition coefficient (Wildman–Crippen LogP) is 8.62. The number of rotatable bonds is 17. The summed E-state index contributed by atoms with van der Waals surface area (Å²) < 4.78 is 31.4. The van der Waals surface area contributed by atoms with Crippen LogP contribution >= 0.6 is 0 Å². The van der Waals surface area contributed by atoms with E-state index in [1.807, 2.05) is 0 Å². The molecule has 178 valence electrons. The molecule has 0 aliphatic carbocycles. The zero-order valence-corrected chi connectivity index (χ0v) is 20.7. The lowest BCUT2D eigenvalue weighted by Crippen LogP contribution is -1.97. The lowest BCUT2D eigenvalue weighted by molar-refractivity contribution is 0.483. The van der Waals surface area contributed by atoms with Gasteiger partial charge in [-0.3, -0.25) is 4.55 Å². The van der Waals surface area contributed by atoms with Crippen molar-refractivity contribution in [2.24, 2.45) is 0 Å². The number of aryl methyl sites for hydroxylation is 1. The van der Waals surface area contributed by atoms with Crippen molar-refractivity contribution in [2.45, 2.75) is 108 Å². The maximum absolute atomic E-state index is 11.2. The molecule has 0 aromatic heterocycles. The molecular weight excluding hydrogens is 416 g/mol. The summed E-state index contributed by atoms with van der Waals surface area (Å²) in [6.45, 7) is 2.28. The van der Waals surface area contributed by atoms with Gasteiger partial charge >= 0.3 is 0 Å². The van der Waals surface area contributed by atoms with Crippen molar-refractivity contribution in [3.8, 4) is 11.1 Å². The zero-order valence-electron chi connectivity index (χ0n) is 19.9. The second kappa shape index (κ2) is 15.2. The summed E-state index contributed by atoms with van der Waals surface area (Å²) in [6.07, 6.45) is 20.5. The fourth-order valence-corrected chi connectivity index (χ4v) is 4.69. The lowest BCUT2D eigenvalue weighted by Gasteiger charge is -2.06. The highest BCUT2D eigenvalue weighted by atomic mass is 32.2. The first kappa shape index (κ1) is 26.6. The number of unbranched alkanes of at least 4 members (excludes halogenated alkanes) is 13. The average Bonchev–Trinajstić information content (AvgIpc) is 2.79. The van der Waals surface area contributed by atoms with E-state index >= 15 is 0 Å². The van der Waals surface area contributed by atoms with Crippen molar-refractivity contribution in [3.05, 3.63) is 54.1 Å². The van der Waals surface area contributed by atoms with Gasteiger partial charge in [0, 0.05) is 0 Å². The minimum absolute atomic E-state index is 0.0734. The van der Waals surface area contributed by atoms with Gasteiger partial charge in [-0.15, -0.1) is 0 Å². The van der Waals surface area contributed by atoms with E-state index < -0.39 is 10.1 Å². The molecule has 0 saturated carbocycles. The largest absolute Gasteiger partial charge is 0.294 e. The van der Waals surface area contributed by atoms with Gasteiger partial charge in [0.25, 0.3) is 10.1 Å². The maximum atomic E-state index is 11.2. The van der Waals surface area contributed by atoms with Crippen LogP contribution in [0.3, 0.4) is 0 Å². The number of hydrogen-bond acceptors (Lipinski definition) is 2. The van der Waals surface area contributed by atoms with Crippen molar-refractivity contribution in [3.63, 3.8) is 0 Å². The topological polar surface area (TPSA) is 54.4 Å². The van der Waals surface area contributed by atoms with E-state index in [0.717, 1.165) is 17.5 Å². The highest BCUT2D eigenvalue weighted by Crippen LogP contribution is 2.22. The van der Waals surface area contributed by atoms with Crippen LogP contribution in [0.15, 0.2) is 53.4 Å². The van der Waals surface area contributed by atoms with E-state index in [1.165, 1.54) is 108 Å². The highest BCUT2D eigenvalue weighted by Gasteiger charge is 2.09. The first-order valence-electron chi connectivity index (χ1n) is 12.7. The Hall–Kier alpha value is -1.65. The molecule has 0 radical (unpaired) electrons. The fraction of sp³-hybridized carbons (Fsp3) is 0.571. The van der Waals surface area contributed by atoms with Crippen molar-refractivity contribution in [1.29, 1.82) is 0 Å². The molecule has 0 spiro atoms. The molecule has 2 aromatic rings. The normalized spacial score (nSPS) is 11.7. The van der Waals surface area contributed by atoms with Crippen molar-refractivity contribution < 1.29 is 13.0 Å². The predicted molar refractivity (Wildman–Crippen MR) is 136 cm³/mol. The van der Waals surface area contributed by atoms with Crippen LogP contribution in [0, 0.1) is 0 Å². The third-order valence-corrected chi connectivity index (χ3v) is 7.13. The van der Waals surface area contributed by atoms with Gasteiger partial charge in [-0.05, 0) is 41.7 Å². The summed E-state index contributed by atoms with van der Waals surface area (Å²) in [4.78, 5) is -0.0734. The highest BCUT2D eigenvalue weighted by molar-refractivity contribution is 7.85. The summed E-state index contributed by atoms with van der Waals surface area (Å²) in [7, 11) is -4.14. The molecular formula is C28H42O3S. The van der Waals surface area contributed by atoms with Crippen LogP contribution in [0.1, 0.15) is 102 Å². The van der Waals surface area contributed by atoms with E-state index in [0.29, 0.717) is 0 Å². The Kier molecular flexibility index (Phi) is 12.7. The van der Waals surface area contributed by atoms with Gasteiger partial charge < -0.3 is 0 Å². The smallest absolute Gasteiger partial charge is 0.282 e. The molecule has 32 heavy (non-hydrogen) atoms. The first-order valence-corrected chi connectivity index (χ1v) is 14.1. The van der Waals surface area contributed by atoms with Crippen LogP contribution in [-0.4, -0.2) is 13.0 Å². The molecule has 0 bridgehead atoms. The van der Waals surface area contributed by atoms with E-state index in [4.69, 9.17) is 4.55 Å². The maximum Gasteiger partial charge on any atom is 0.294 e. The minimum atomic E-state index is -4.14. The van der Waals surface area contributed by atoms with Gasteiger partial charge in [0.1, 0.15) is 0 Å². The molecule has 0 unspecified atom stereocenters. The summed E-state index contributed by atoms with van der Waals surface area (Å²) in [6, 6.07) is 14.8. The van der Waals surface area contributed by atoms with Gasteiger partial charge in [0.05, 0.1) is 4.90 Å². The summed E-state index contributed by atoms with van der Waals surface area (Å²) >= 11 is 0. The van der Waals surface area contributed by atoms with Crippen molar-refractivity contribution in [1.82, 2.24) is 0 Å². The van der Waals surface area contributed by atoms with Crippen LogP contribution in [0.25, 0.3) is 11.1 Å². The first-order chi connectivity index (χ1) is 15.5. The van der Waals surface area contributed by atoms with E-state index in [9.17, 15) is 8.42 Å². The number of hydrogen-bond donors (Lipinski definition) is 1. The monoisotopic (exact) mass is 458 g/mol. The molecule has 4 heteroatoms. The van der Waals surface area contributed by atoms with Crippen LogP contribution in [-0.2, 0) is 16.5 Å². The van der Waals surface area contributed by atoms with Crippen LogP contribution in [0.5, 0.6) is 0 Å². The molecule has 3 nitrogen and oxygen atoms in total. The molecule has 0 fully saturated rings. The Balaban J connectivity index is 1.52. The molecule has 0 aliphatic heterocycles. The lowest BCUT2D eigenvalue weighted by atomic mass is 10.0. The molecule has 1 N–H and O–H groups in total. The standard InChI is InChI=1S/C28H42O3S/c1-2-3-4-5-6-7-8-9-10-11-12-13-14-15-16-25-17-19-26(20-18-25)27-21-23-28(24-22-27)32(29,30)31/h17-24H,2-16H2,1H3,(H,29,30,31). The van der Waals surface area contributed by atoms with Crippen LogP contribution in [0.4, 0.5) is 0 Å². The Bertz CT molecular complexity index is 839. The van der Waals surface area contributed by atoms with Crippen molar-refractivity contribution >= 4 is 10.1 Å². The summed E-state index contributed by atoms with van der Waals surface area (Å²) in [5.74, 6) is 0. The Morgan fingerprint density at radius 3 is 1.34 bits per heavy atom. The Morgan fingerprint density at radius 2 is 0.938 bits per heavy atom. The van der Waals surface area contributed by atoms with Gasteiger partial charge in [-0.2, -0.15) is 8.42 Å².